The molecule has 1 amide bonds. The maximum Gasteiger partial charge on any atom is 0.328 e. The minimum absolute atomic E-state index is 0.179. The summed E-state index contributed by atoms with van der Waals surface area (Å²) in [7, 11) is 2.84. The standard InChI is InChI=1S/C14H17N3O5/c1-15-10-6-5-9(8-12(10)17(20)21)13(18)16-7-3-4-11(16)14(19)22-2/h5-6,8,11,15H,3-4,7H2,1-2H3. The fourth-order valence-corrected chi connectivity index (χ4v) is 2.58. The smallest absolute Gasteiger partial charge is 0.328 e. The summed E-state index contributed by atoms with van der Waals surface area (Å²) in [6.45, 7) is 0.431. The maximum absolute atomic E-state index is 12.5. The number of nitrogens with zero attached hydrogens (tertiary/aromatic N) is 2. The molecule has 2 rings (SSSR count). The topological polar surface area (TPSA) is 102 Å². The molecule has 1 aliphatic heterocycles. The lowest BCUT2D eigenvalue weighted by Gasteiger charge is -2.22. The van der Waals surface area contributed by atoms with Gasteiger partial charge in [-0.15, -0.1) is 0 Å². The number of carbonyl (C=O) groups is 2. The lowest BCUT2D eigenvalue weighted by atomic mass is 10.1. The van der Waals surface area contributed by atoms with Crippen molar-refractivity contribution in [1.82, 2.24) is 4.90 Å². The first kappa shape index (κ1) is 15.7. The number of rotatable bonds is 4. The van der Waals surface area contributed by atoms with Crippen LogP contribution in [0.1, 0.15) is 23.2 Å². The third-order valence-corrected chi connectivity index (χ3v) is 3.70. The molecule has 1 heterocycles. The fraction of sp³-hybridized carbons (Fsp3) is 0.429. The predicted molar refractivity (Wildman–Crippen MR) is 78.7 cm³/mol. The summed E-state index contributed by atoms with van der Waals surface area (Å²) < 4.78 is 4.70. The molecule has 0 bridgehead atoms. The Labute approximate surface area is 127 Å². The number of nitro benzene ring substituents is 1. The third kappa shape index (κ3) is 2.85. The minimum atomic E-state index is -0.625. The van der Waals surface area contributed by atoms with Crippen LogP contribution in [0, 0.1) is 10.1 Å². The number of carbonyl (C=O) groups excluding carboxylic acids is 2. The number of amides is 1. The van der Waals surface area contributed by atoms with Gasteiger partial charge in [-0.05, 0) is 25.0 Å². The van der Waals surface area contributed by atoms with Crippen molar-refractivity contribution >= 4 is 23.3 Å². The maximum atomic E-state index is 12.5. The average Bonchev–Trinajstić information content (AvgIpc) is 3.02. The van der Waals surface area contributed by atoms with Crippen LogP contribution in [0.4, 0.5) is 11.4 Å². The van der Waals surface area contributed by atoms with Crippen LogP contribution in [-0.4, -0.2) is 48.4 Å². The van der Waals surface area contributed by atoms with Gasteiger partial charge >= 0.3 is 5.97 Å². The molecule has 8 nitrogen and oxygen atoms in total. The second-order valence-electron chi connectivity index (χ2n) is 4.92. The summed E-state index contributed by atoms with van der Waals surface area (Å²) >= 11 is 0. The summed E-state index contributed by atoms with van der Waals surface area (Å²) in [6.07, 6.45) is 1.23. The zero-order valence-electron chi connectivity index (χ0n) is 12.4. The lowest BCUT2D eigenvalue weighted by Crippen LogP contribution is -2.41. The van der Waals surface area contributed by atoms with Gasteiger partial charge < -0.3 is 15.0 Å². The minimum Gasteiger partial charge on any atom is -0.467 e. The van der Waals surface area contributed by atoms with Crippen LogP contribution in [0.15, 0.2) is 18.2 Å². The first-order valence-electron chi connectivity index (χ1n) is 6.84. The Morgan fingerprint density at radius 3 is 2.77 bits per heavy atom. The van der Waals surface area contributed by atoms with Crippen LogP contribution >= 0.6 is 0 Å². The van der Waals surface area contributed by atoms with Crippen LogP contribution < -0.4 is 5.32 Å². The van der Waals surface area contributed by atoms with Crippen LogP contribution in [0.2, 0.25) is 0 Å². The second kappa shape index (κ2) is 6.42. The second-order valence-corrected chi connectivity index (χ2v) is 4.92. The highest BCUT2D eigenvalue weighted by atomic mass is 16.6. The largest absolute Gasteiger partial charge is 0.467 e. The van der Waals surface area contributed by atoms with Gasteiger partial charge in [-0.1, -0.05) is 0 Å². The molecule has 1 unspecified atom stereocenters. The van der Waals surface area contributed by atoms with E-state index >= 15 is 0 Å². The van der Waals surface area contributed by atoms with Crippen molar-refractivity contribution in [3.05, 3.63) is 33.9 Å². The number of nitro groups is 1. The van der Waals surface area contributed by atoms with Crippen LogP contribution in [0.3, 0.4) is 0 Å². The van der Waals surface area contributed by atoms with Crippen LogP contribution in [-0.2, 0) is 9.53 Å². The molecule has 1 atom stereocenters. The third-order valence-electron chi connectivity index (χ3n) is 3.70. The molecule has 22 heavy (non-hydrogen) atoms. The fourth-order valence-electron chi connectivity index (χ4n) is 2.58. The molecule has 0 radical (unpaired) electrons. The van der Waals surface area contributed by atoms with Gasteiger partial charge in [0.2, 0.25) is 0 Å². The highest BCUT2D eigenvalue weighted by Gasteiger charge is 2.35. The molecule has 1 N–H and O–H groups in total. The number of hydrogen-bond acceptors (Lipinski definition) is 6. The molecule has 1 fully saturated rings. The van der Waals surface area contributed by atoms with Crippen LogP contribution in [0.5, 0.6) is 0 Å². The summed E-state index contributed by atoms with van der Waals surface area (Å²) in [4.78, 5) is 36.1. The molecule has 1 aromatic carbocycles. The normalized spacial score (nSPS) is 17.2. The highest BCUT2D eigenvalue weighted by molar-refractivity contribution is 5.98. The Morgan fingerprint density at radius 2 is 2.18 bits per heavy atom. The molecule has 0 saturated carbocycles. The van der Waals surface area contributed by atoms with Gasteiger partial charge in [-0.3, -0.25) is 14.9 Å². The molecule has 0 spiro atoms. The average molecular weight is 307 g/mol. The number of esters is 1. The van der Waals surface area contributed by atoms with Gasteiger partial charge in [0.25, 0.3) is 11.6 Å². The summed E-state index contributed by atoms with van der Waals surface area (Å²) in [5.74, 6) is -0.870. The Bertz CT molecular complexity index is 616. The molecule has 118 valence electrons. The molecular formula is C14H17N3O5. The number of hydrogen-bond donors (Lipinski definition) is 1. The quantitative estimate of drug-likeness (QED) is 0.512. The highest BCUT2D eigenvalue weighted by Crippen LogP contribution is 2.27. The number of benzene rings is 1. The van der Waals surface area contributed by atoms with Gasteiger partial charge in [0.05, 0.1) is 12.0 Å². The Balaban J connectivity index is 2.31. The van der Waals surface area contributed by atoms with E-state index < -0.39 is 22.8 Å². The van der Waals surface area contributed by atoms with Gasteiger partial charge in [0.1, 0.15) is 11.7 Å². The number of likely N-dealkylation sites (tertiary alicyclic amines) is 1. The van der Waals surface area contributed by atoms with Crippen molar-refractivity contribution in [3.8, 4) is 0 Å². The lowest BCUT2D eigenvalue weighted by molar-refractivity contribution is -0.384. The predicted octanol–water partition coefficient (Wildman–Crippen LogP) is 1.41. The van der Waals surface area contributed by atoms with Gasteiger partial charge in [-0.25, -0.2) is 4.79 Å². The molecule has 1 saturated heterocycles. The summed E-state index contributed by atoms with van der Waals surface area (Å²) in [6, 6.07) is 3.59. The van der Waals surface area contributed by atoms with Crippen molar-refractivity contribution in [2.75, 3.05) is 26.0 Å². The van der Waals surface area contributed by atoms with E-state index in [-0.39, 0.29) is 11.3 Å². The molecule has 0 aliphatic carbocycles. The Morgan fingerprint density at radius 1 is 1.45 bits per heavy atom. The zero-order chi connectivity index (χ0) is 16.3. The molecule has 1 aliphatic rings. The number of methoxy groups -OCH3 is 1. The van der Waals surface area contributed by atoms with Gasteiger partial charge in [0.15, 0.2) is 0 Å². The van der Waals surface area contributed by atoms with Crippen LogP contribution in [0.25, 0.3) is 0 Å². The van der Waals surface area contributed by atoms with E-state index in [0.29, 0.717) is 25.1 Å². The van der Waals surface area contributed by atoms with E-state index in [1.165, 1.54) is 30.2 Å². The first-order valence-corrected chi connectivity index (χ1v) is 6.84. The van der Waals surface area contributed by atoms with E-state index in [4.69, 9.17) is 4.74 Å². The van der Waals surface area contributed by atoms with Gasteiger partial charge in [-0.2, -0.15) is 0 Å². The number of nitrogens with one attached hydrogen (secondary N) is 1. The van der Waals surface area contributed by atoms with Crippen molar-refractivity contribution in [3.63, 3.8) is 0 Å². The monoisotopic (exact) mass is 307 g/mol. The summed E-state index contributed by atoms with van der Waals surface area (Å²) in [5.41, 5.74) is 0.330. The Kier molecular flexibility index (Phi) is 4.59. The van der Waals surface area contributed by atoms with E-state index in [2.05, 4.69) is 5.32 Å². The van der Waals surface area contributed by atoms with Crippen molar-refractivity contribution in [2.24, 2.45) is 0 Å². The molecular weight excluding hydrogens is 290 g/mol. The van der Waals surface area contributed by atoms with Crippen molar-refractivity contribution < 1.29 is 19.2 Å². The number of anilines is 1. The van der Waals surface area contributed by atoms with Crippen molar-refractivity contribution in [1.29, 1.82) is 0 Å². The summed E-state index contributed by atoms with van der Waals surface area (Å²) in [5, 5.41) is 13.8. The Hall–Kier alpha value is -2.64. The van der Waals surface area contributed by atoms with E-state index in [9.17, 15) is 19.7 Å². The SMILES string of the molecule is CNc1ccc(C(=O)N2CCCC2C(=O)OC)cc1[N+](=O)[O-]. The van der Waals surface area contributed by atoms with E-state index in [1.54, 1.807) is 7.05 Å². The number of ether oxygens (including phenoxy) is 1. The molecule has 8 heteroatoms. The van der Waals surface area contributed by atoms with E-state index in [0.717, 1.165) is 0 Å². The molecule has 1 aromatic rings. The molecule has 0 aromatic heterocycles. The zero-order valence-corrected chi connectivity index (χ0v) is 12.4. The first-order chi connectivity index (χ1) is 10.5. The van der Waals surface area contributed by atoms with Gasteiger partial charge in [0, 0.05) is 25.2 Å². The van der Waals surface area contributed by atoms with E-state index in [1.807, 2.05) is 0 Å². The van der Waals surface area contributed by atoms with Crippen molar-refractivity contribution in [2.45, 2.75) is 18.9 Å².